The number of ketones is 1. The van der Waals surface area contributed by atoms with Crippen molar-refractivity contribution in [2.75, 3.05) is 44.7 Å². The third-order valence-electron chi connectivity index (χ3n) is 3.93. The average Bonchev–Trinajstić information content (AvgIpc) is 2.62. The summed E-state index contributed by atoms with van der Waals surface area (Å²) in [6.45, 7) is 2.96. The lowest BCUT2D eigenvalue weighted by molar-refractivity contribution is -0.110. The summed E-state index contributed by atoms with van der Waals surface area (Å²) in [5.41, 5.74) is 8.51. The summed E-state index contributed by atoms with van der Waals surface area (Å²) in [5.74, 6) is -0.127. The van der Waals surface area contributed by atoms with Gasteiger partial charge in [-0.05, 0) is 49.4 Å². The second kappa shape index (κ2) is 10.5. The van der Waals surface area contributed by atoms with Gasteiger partial charge in [-0.3, -0.25) is 9.69 Å². The molecule has 0 aromatic heterocycles. The fourth-order valence-corrected chi connectivity index (χ4v) is 2.58. The molecular weight excluding hydrogens is 332 g/mol. The molecule has 26 heavy (non-hydrogen) atoms. The van der Waals surface area contributed by atoms with Crippen molar-refractivity contribution in [2.24, 2.45) is 10.7 Å². The monoisotopic (exact) mass is 358 g/mol. The van der Waals surface area contributed by atoms with Gasteiger partial charge in [0, 0.05) is 31.4 Å². The minimum absolute atomic E-state index is 0.0977. The molecule has 2 rings (SSSR count). The summed E-state index contributed by atoms with van der Waals surface area (Å²) in [7, 11) is 0. The molecule has 0 spiro atoms. The normalized spacial score (nSPS) is 15.6. The maximum atomic E-state index is 11.2. The lowest BCUT2D eigenvalue weighted by Crippen LogP contribution is -2.31. The van der Waals surface area contributed by atoms with E-state index in [1.54, 1.807) is 6.08 Å². The lowest BCUT2D eigenvalue weighted by atomic mass is 10.1. The van der Waals surface area contributed by atoms with Crippen LogP contribution >= 0.6 is 0 Å². The molecule has 0 saturated carbocycles. The Balaban J connectivity index is 1.82. The van der Waals surface area contributed by atoms with E-state index in [0.29, 0.717) is 24.5 Å². The number of allylic oxidation sites excluding steroid dienone is 3. The molecule has 7 nitrogen and oxygen atoms in total. The number of nitrogens with two attached hydrogens (primary N) is 1. The van der Waals surface area contributed by atoms with E-state index in [1.165, 1.54) is 12.2 Å². The Morgan fingerprint density at radius 1 is 1.04 bits per heavy atom. The van der Waals surface area contributed by atoms with Gasteiger partial charge in [0.05, 0.1) is 30.3 Å². The molecule has 1 aromatic carbocycles. The number of hydrogen-bond acceptors (Lipinski definition) is 7. The molecule has 0 heterocycles. The van der Waals surface area contributed by atoms with E-state index in [0.717, 1.165) is 30.9 Å². The van der Waals surface area contributed by atoms with Crippen LogP contribution in [-0.4, -0.2) is 66.0 Å². The topological polar surface area (TPSA) is 111 Å². The Kier molecular flexibility index (Phi) is 8.01. The first-order valence-corrected chi connectivity index (χ1v) is 8.68. The molecule has 140 valence electrons. The van der Waals surface area contributed by atoms with Gasteiger partial charge in [-0.1, -0.05) is 0 Å². The number of aliphatic hydroxyl groups excluding tert-OH is 2. The van der Waals surface area contributed by atoms with Crippen LogP contribution in [0.5, 0.6) is 0 Å². The standard InChI is InChI=1S/C19H26N4O3/c20-18-14-17(26)6-7-19(18)22-16-4-2-15(3-5-16)21-8-1-9-23(10-12-24)11-13-25/h2-7,14,21,24-25H,1,8-13,20H2. The Labute approximate surface area is 153 Å². The zero-order valence-electron chi connectivity index (χ0n) is 14.8. The first kappa shape index (κ1) is 19.8. The zero-order chi connectivity index (χ0) is 18.8. The number of nitrogens with one attached hydrogen (secondary N) is 1. The van der Waals surface area contributed by atoms with Gasteiger partial charge in [-0.25, -0.2) is 4.99 Å². The van der Waals surface area contributed by atoms with Crippen molar-refractivity contribution in [1.82, 2.24) is 4.90 Å². The molecule has 0 saturated heterocycles. The van der Waals surface area contributed by atoms with E-state index in [-0.39, 0.29) is 19.0 Å². The van der Waals surface area contributed by atoms with E-state index in [1.807, 2.05) is 29.2 Å². The second-order valence-corrected chi connectivity index (χ2v) is 5.95. The molecule has 0 atom stereocenters. The molecule has 7 heteroatoms. The van der Waals surface area contributed by atoms with Gasteiger partial charge in [0.1, 0.15) is 0 Å². The van der Waals surface area contributed by atoms with Crippen LogP contribution < -0.4 is 11.1 Å². The van der Waals surface area contributed by atoms with Crippen molar-refractivity contribution >= 4 is 22.9 Å². The van der Waals surface area contributed by atoms with Gasteiger partial charge >= 0.3 is 0 Å². The summed E-state index contributed by atoms with van der Waals surface area (Å²) >= 11 is 0. The highest BCUT2D eigenvalue weighted by molar-refractivity contribution is 6.19. The largest absolute Gasteiger partial charge is 0.397 e. The summed E-state index contributed by atoms with van der Waals surface area (Å²) in [6, 6.07) is 7.65. The van der Waals surface area contributed by atoms with Crippen molar-refractivity contribution in [3.63, 3.8) is 0 Å². The maximum Gasteiger partial charge on any atom is 0.180 e. The summed E-state index contributed by atoms with van der Waals surface area (Å²) < 4.78 is 0. The third kappa shape index (κ3) is 6.44. The quantitative estimate of drug-likeness (QED) is 0.364. The van der Waals surface area contributed by atoms with E-state index in [4.69, 9.17) is 15.9 Å². The SMILES string of the molecule is NC1=CC(=O)C=CC1=Nc1ccc(NCCCN(CCO)CCO)cc1. The number of aliphatic imine (C=N–C) groups is 1. The maximum absolute atomic E-state index is 11.2. The highest BCUT2D eigenvalue weighted by atomic mass is 16.3. The number of benzene rings is 1. The predicted octanol–water partition coefficient (Wildman–Crippen LogP) is 0.829. The number of carbonyl (C=O) groups is 1. The lowest BCUT2D eigenvalue weighted by Gasteiger charge is -2.20. The third-order valence-corrected chi connectivity index (χ3v) is 3.93. The molecule has 0 unspecified atom stereocenters. The molecule has 1 aliphatic carbocycles. The fourth-order valence-electron chi connectivity index (χ4n) is 2.58. The van der Waals surface area contributed by atoms with Crippen LogP contribution in [0.1, 0.15) is 6.42 Å². The Hall–Kier alpha value is -2.48. The van der Waals surface area contributed by atoms with E-state index in [2.05, 4.69) is 10.3 Å². The smallest absolute Gasteiger partial charge is 0.180 e. The summed E-state index contributed by atoms with van der Waals surface area (Å²) in [5, 5.41) is 21.3. The number of carbonyl (C=O) groups excluding carboxylic acids is 1. The Morgan fingerprint density at radius 2 is 1.73 bits per heavy atom. The molecule has 0 amide bonds. The van der Waals surface area contributed by atoms with Crippen LogP contribution in [0.2, 0.25) is 0 Å². The number of aliphatic hydroxyl groups is 2. The van der Waals surface area contributed by atoms with Crippen molar-refractivity contribution < 1.29 is 15.0 Å². The second-order valence-electron chi connectivity index (χ2n) is 5.95. The number of rotatable bonds is 10. The van der Waals surface area contributed by atoms with Crippen molar-refractivity contribution in [1.29, 1.82) is 0 Å². The summed E-state index contributed by atoms with van der Waals surface area (Å²) in [4.78, 5) is 17.7. The van der Waals surface area contributed by atoms with Crippen LogP contribution in [0.4, 0.5) is 11.4 Å². The molecule has 0 radical (unpaired) electrons. The molecule has 1 aromatic rings. The molecule has 0 fully saturated rings. The van der Waals surface area contributed by atoms with Gasteiger partial charge in [-0.2, -0.15) is 0 Å². The molecule has 0 bridgehead atoms. The van der Waals surface area contributed by atoms with Gasteiger partial charge < -0.3 is 21.3 Å². The number of nitrogens with zero attached hydrogens (tertiary/aromatic N) is 2. The van der Waals surface area contributed by atoms with Gasteiger partial charge in [0.2, 0.25) is 0 Å². The zero-order valence-corrected chi connectivity index (χ0v) is 14.8. The van der Waals surface area contributed by atoms with E-state index in [9.17, 15) is 4.79 Å². The highest BCUT2D eigenvalue weighted by Gasteiger charge is 2.08. The number of anilines is 1. The number of hydrogen-bond donors (Lipinski definition) is 4. The van der Waals surface area contributed by atoms with Gasteiger partial charge in [0.15, 0.2) is 5.78 Å². The van der Waals surface area contributed by atoms with Crippen LogP contribution in [0.3, 0.4) is 0 Å². The first-order chi connectivity index (χ1) is 12.6. The average molecular weight is 358 g/mol. The van der Waals surface area contributed by atoms with Gasteiger partial charge in [-0.15, -0.1) is 0 Å². The molecule has 0 aliphatic heterocycles. The molecule has 5 N–H and O–H groups in total. The molecule has 1 aliphatic rings. The van der Waals surface area contributed by atoms with Crippen molar-refractivity contribution in [3.8, 4) is 0 Å². The van der Waals surface area contributed by atoms with Crippen LogP contribution in [0.25, 0.3) is 0 Å². The highest BCUT2D eigenvalue weighted by Crippen LogP contribution is 2.18. The van der Waals surface area contributed by atoms with Crippen LogP contribution in [-0.2, 0) is 4.79 Å². The van der Waals surface area contributed by atoms with E-state index < -0.39 is 0 Å². The Morgan fingerprint density at radius 3 is 2.35 bits per heavy atom. The minimum atomic E-state index is -0.127. The van der Waals surface area contributed by atoms with Crippen LogP contribution in [0.15, 0.2) is 53.2 Å². The minimum Gasteiger partial charge on any atom is -0.397 e. The molecular formula is C19H26N4O3. The Bertz CT molecular complexity index is 675. The van der Waals surface area contributed by atoms with Gasteiger partial charge in [0.25, 0.3) is 0 Å². The van der Waals surface area contributed by atoms with Crippen molar-refractivity contribution in [3.05, 3.63) is 48.2 Å². The van der Waals surface area contributed by atoms with Crippen molar-refractivity contribution in [2.45, 2.75) is 6.42 Å². The fraction of sp³-hybridized carbons (Fsp3) is 0.368. The van der Waals surface area contributed by atoms with Crippen LogP contribution in [0, 0.1) is 0 Å². The first-order valence-electron chi connectivity index (χ1n) is 8.68. The summed E-state index contributed by atoms with van der Waals surface area (Å²) in [6.07, 6.45) is 5.34. The van der Waals surface area contributed by atoms with E-state index >= 15 is 0 Å². The predicted molar refractivity (Wildman–Crippen MR) is 104 cm³/mol.